The Balaban J connectivity index is 1.47. The van der Waals surface area contributed by atoms with Crippen LogP contribution in [0.2, 0.25) is 0 Å². The van der Waals surface area contributed by atoms with Gasteiger partial charge in [-0.05, 0) is 74.3 Å². The zero-order chi connectivity index (χ0) is 21.3. The average Bonchev–Trinajstić information content (AvgIpc) is 2.79. The SMILES string of the molecule is Cc1ccc(-c2cc3cc(n2)CCCCOCc2ccccc2COCCCC3)cc1. The van der Waals surface area contributed by atoms with E-state index in [0.717, 1.165) is 57.4 Å². The van der Waals surface area contributed by atoms with Gasteiger partial charge in [0, 0.05) is 24.5 Å². The summed E-state index contributed by atoms with van der Waals surface area (Å²) in [5.74, 6) is 0. The monoisotopic (exact) mass is 415 g/mol. The summed E-state index contributed by atoms with van der Waals surface area (Å²) in [5, 5.41) is 0. The minimum Gasteiger partial charge on any atom is -0.377 e. The maximum Gasteiger partial charge on any atom is 0.0720 e. The van der Waals surface area contributed by atoms with Gasteiger partial charge in [-0.15, -0.1) is 0 Å². The van der Waals surface area contributed by atoms with Gasteiger partial charge in [-0.25, -0.2) is 0 Å². The Labute approximate surface area is 186 Å². The zero-order valence-electron chi connectivity index (χ0n) is 18.6. The predicted octanol–water partition coefficient (Wildman–Crippen LogP) is 6.45. The highest BCUT2D eigenvalue weighted by Gasteiger charge is 2.08. The van der Waals surface area contributed by atoms with Crippen LogP contribution < -0.4 is 0 Å². The average molecular weight is 416 g/mol. The predicted molar refractivity (Wildman–Crippen MR) is 126 cm³/mol. The Morgan fingerprint density at radius 1 is 0.710 bits per heavy atom. The van der Waals surface area contributed by atoms with Crippen LogP contribution in [0.1, 0.15) is 53.6 Å². The lowest BCUT2D eigenvalue weighted by molar-refractivity contribution is 0.104. The van der Waals surface area contributed by atoms with Crippen LogP contribution in [0, 0.1) is 6.92 Å². The molecule has 0 radical (unpaired) electrons. The molecule has 3 aromatic rings. The molecule has 0 atom stereocenters. The number of hydrogen-bond acceptors (Lipinski definition) is 3. The van der Waals surface area contributed by atoms with Crippen molar-refractivity contribution >= 4 is 0 Å². The molecule has 1 aliphatic rings. The van der Waals surface area contributed by atoms with Gasteiger partial charge in [0.05, 0.1) is 18.9 Å². The van der Waals surface area contributed by atoms with Crippen LogP contribution in [-0.2, 0) is 35.5 Å². The molecule has 3 heteroatoms. The number of pyridine rings is 1. The normalized spacial score (nSPS) is 16.3. The van der Waals surface area contributed by atoms with Gasteiger partial charge in [-0.2, -0.15) is 0 Å². The topological polar surface area (TPSA) is 31.4 Å². The van der Waals surface area contributed by atoms with Gasteiger partial charge in [-0.1, -0.05) is 54.1 Å². The molecule has 4 rings (SSSR count). The number of nitrogens with zero attached hydrogens (tertiary/aromatic N) is 1. The van der Waals surface area contributed by atoms with Gasteiger partial charge in [0.15, 0.2) is 0 Å². The van der Waals surface area contributed by atoms with Crippen LogP contribution in [0.5, 0.6) is 0 Å². The third-order valence-electron chi connectivity index (χ3n) is 5.89. The third kappa shape index (κ3) is 6.49. The molecule has 0 saturated carbocycles. The molecule has 0 saturated heterocycles. The number of rotatable bonds is 1. The molecule has 0 spiro atoms. The Kier molecular flexibility index (Phi) is 7.87. The smallest absolute Gasteiger partial charge is 0.0720 e. The van der Waals surface area contributed by atoms with Gasteiger partial charge in [0.25, 0.3) is 0 Å². The maximum atomic E-state index is 5.98. The molecule has 1 aliphatic heterocycles. The summed E-state index contributed by atoms with van der Waals surface area (Å²) in [4.78, 5) is 4.99. The quantitative estimate of drug-likeness (QED) is 0.458. The van der Waals surface area contributed by atoms with Crippen LogP contribution in [0.25, 0.3) is 11.3 Å². The second kappa shape index (κ2) is 11.2. The largest absolute Gasteiger partial charge is 0.377 e. The number of aryl methyl sites for hydroxylation is 3. The van der Waals surface area contributed by atoms with E-state index in [1.54, 1.807) is 0 Å². The third-order valence-corrected chi connectivity index (χ3v) is 5.89. The van der Waals surface area contributed by atoms with Gasteiger partial charge in [-0.3, -0.25) is 4.98 Å². The number of benzene rings is 2. The summed E-state index contributed by atoms with van der Waals surface area (Å²) >= 11 is 0. The molecular formula is C28H33NO2. The first-order valence-corrected chi connectivity index (χ1v) is 11.6. The minimum atomic E-state index is 0.658. The molecule has 0 unspecified atom stereocenters. The molecular weight excluding hydrogens is 382 g/mol. The molecule has 162 valence electrons. The summed E-state index contributed by atoms with van der Waals surface area (Å²) in [6.07, 6.45) is 6.39. The fourth-order valence-corrected chi connectivity index (χ4v) is 4.04. The summed E-state index contributed by atoms with van der Waals surface area (Å²) in [6, 6.07) is 21.7. The molecule has 0 fully saturated rings. The van der Waals surface area contributed by atoms with Crippen LogP contribution in [-0.4, -0.2) is 18.2 Å². The standard InChI is InChI=1S/C28H33NO2/c1-22-12-14-24(15-13-22)28-19-23-8-4-6-16-30-20-25-9-2-3-10-26(25)21-31-17-7-5-11-27(18-23)29-28/h2-3,9-10,12-15,18-19H,4-8,11,16-17,20-21H2,1H3. The van der Waals surface area contributed by atoms with Crippen molar-refractivity contribution in [3.63, 3.8) is 0 Å². The fraction of sp³-hybridized carbons (Fsp3) is 0.393. The highest BCUT2D eigenvalue weighted by molar-refractivity contribution is 5.60. The van der Waals surface area contributed by atoms with Crippen molar-refractivity contribution in [3.05, 3.63) is 88.6 Å². The molecule has 0 N–H and O–H groups in total. The molecule has 3 nitrogen and oxygen atoms in total. The highest BCUT2D eigenvalue weighted by Crippen LogP contribution is 2.22. The van der Waals surface area contributed by atoms with E-state index in [0.29, 0.717) is 13.2 Å². The Bertz CT molecular complexity index is 912. The van der Waals surface area contributed by atoms with Crippen LogP contribution in [0.15, 0.2) is 60.7 Å². The second-order valence-electron chi connectivity index (χ2n) is 8.51. The second-order valence-corrected chi connectivity index (χ2v) is 8.51. The van der Waals surface area contributed by atoms with Crippen LogP contribution >= 0.6 is 0 Å². The Hall–Kier alpha value is -2.49. The molecule has 31 heavy (non-hydrogen) atoms. The maximum absolute atomic E-state index is 5.98. The van der Waals surface area contributed by atoms with E-state index >= 15 is 0 Å². The van der Waals surface area contributed by atoms with E-state index in [1.165, 1.54) is 33.5 Å². The van der Waals surface area contributed by atoms with E-state index in [9.17, 15) is 0 Å². The van der Waals surface area contributed by atoms with E-state index in [-0.39, 0.29) is 0 Å². The molecule has 2 aromatic carbocycles. The lowest BCUT2D eigenvalue weighted by Crippen LogP contribution is -2.02. The van der Waals surface area contributed by atoms with Crippen molar-refractivity contribution in [3.8, 4) is 11.3 Å². The first kappa shape index (κ1) is 21.7. The summed E-state index contributed by atoms with van der Waals surface area (Å²) < 4.78 is 11.9. The summed E-state index contributed by atoms with van der Waals surface area (Å²) in [5.41, 5.74) is 8.62. The lowest BCUT2D eigenvalue weighted by atomic mass is 10.0. The number of hydrogen-bond donors (Lipinski definition) is 0. The van der Waals surface area contributed by atoms with E-state index in [4.69, 9.17) is 14.5 Å². The fourth-order valence-electron chi connectivity index (χ4n) is 4.04. The van der Waals surface area contributed by atoms with Crippen molar-refractivity contribution in [2.75, 3.05) is 13.2 Å². The highest BCUT2D eigenvalue weighted by atomic mass is 16.5. The minimum absolute atomic E-state index is 0.658. The first-order valence-electron chi connectivity index (χ1n) is 11.6. The Morgan fingerprint density at radius 2 is 1.35 bits per heavy atom. The summed E-state index contributed by atoms with van der Waals surface area (Å²) in [7, 11) is 0. The lowest BCUT2D eigenvalue weighted by Gasteiger charge is -2.11. The number of ether oxygens (including phenoxy) is 2. The Morgan fingerprint density at radius 3 is 2.03 bits per heavy atom. The van der Waals surface area contributed by atoms with Crippen molar-refractivity contribution in [1.82, 2.24) is 4.98 Å². The molecule has 0 amide bonds. The summed E-state index contributed by atoms with van der Waals surface area (Å²) in [6.45, 7) is 5.01. The van der Waals surface area contributed by atoms with E-state index in [1.807, 2.05) is 0 Å². The van der Waals surface area contributed by atoms with Gasteiger partial charge in [0.1, 0.15) is 0 Å². The van der Waals surface area contributed by atoms with Crippen LogP contribution in [0.4, 0.5) is 0 Å². The molecule has 2 heterocycles. The first-order chi connectivity index (χ1) is 15.3. The van der Waals surface area contributed by atoms with Gasteiger partial charge in [0.2, 0.25) is 0 Å². The van der Waals surface area contributed by atoms with E-state index < -0.39 is 0 Å². The van der Waals surface area contributed by atoms with Crippen molar-refractivity contribution in [1.29, 1.82) is 0 Å². The molecule has 0 aliphatic carbocycles. The van der Waals surface area contributed by atoms with Crippen molar-refractivity contribution in [2.45, 2.75) is 58.7 Å². The van der Waals surface area contributed by atoms with Gasteiger partial charge >= 0.3 is 0 Å². The van der Waals surface area contributed by atoms with E-state index in [2.05, 4.69) is 67.6 Å². The molecule has 2 bridgehead atoms. The number of fused-ring (bicyclic) bond motifs is 3. The van der Waals surface area contributed by atoms with Gasteiger partial charge < -0.3 is 9.47 Å². The number of aromatic nitrogens is 1. The van der Waals surface area contributed by atoms with Crippen molar-refractivity contribution < 1.29 is 9.47 Å². The van der Waals surface area contributed by atoms with Crippen LogP contribution in [0.3, 0.4) is 0 Å². The molecule has 1 aromatic heterocycles. The van der Waals surface area contributed by atoms with Crippen molar-refractivity contribution in [2.24, 2.45) is 0 Å². The zero-order valence-corrected chi connectivity index (χ0v) is 18.6.